The van der Waals surface area contributed by atoms with E-state index < -0.39 is 5.97 Å². The molecule has 0 saturated carbocycles. The van der Waals surface area contributed by atoms with Crippen LogP contribution >= 0.6 is 0 Å². The number of allylic oxidation sites excluding steroid dienone is 1. The number of carbonyl (C=O) groups is 1. The van der Waals surface area contributed by atoms with E-state index in [-0.39, 0.29) is 6.61 Å². The molecule has 0 aliphatic rings. The molecule has 1 aromatic rings. The normalized spacial score (nSPS) is 9.47. The summed E-state index contributed by atoms with van der Waals surface area (Å²) in [7, 11) is 0. The lowest BCUT2D eigenvalue weighted by Gasteiger charge is -2.03. The van der Waals surface area contributed by atoms with Crippen LogP contribution in [0.2, 0.25) is 0 Å². The average molecular weight is 206 g/mol. The molecule has 1 N–H and O–H groups in total. The molecular weight excluding hydrogens is 192 g/mol. The summed E-state index contributed by atoms with van der Waals surface area (Å²) in [5, 5.41) is 8.41. The number of carboxylic acid groups (broad SMARTS) is 1. The van der Waals surface area contributed by atoms with Crippen molar-refractivity contribution in [2.24, 2.45) is 0 Å². The molecule has 0 fully saturated rings. The van der Waals surface area contributed by atoms with E-state index in [9.17, 15) is 4.79 Å². The van der Waals surface area contributed by atoms with Crippen LogP contribution in [0.25, 0.3) is 6.08 Å². The molecule has 80 valence electrons. The molecule has 3 heteroatoms. The van der Waals surface area contributed by atoms with Crippen LogP contribution < -0.4 is 4.74 Å². The summed E-state index contributed by atoms with van der Waals surface area (Å²) < 4.78 is 5.01. The molecule has 1 rings (SSSR count). The second-order valence-corrected chi connectivity index (χ2v) is 3.47. The Kier molecular flexibility index (Phi) is 3.92. The number of ether oxygens (including phenoxy) is 1. The standard InChI is InChI=1S/C12H14O3/c1-9(2)7-10-3-5-11(6-4-10)15-8-12(13)14/h3-7H,8H2,1-2H3,(H,13,14). The SMILES string of the molecule is CC(C)=Cc1ccc(OCC(=O)O)cc1. The first-order chi connectivity index (χ1) is 7.08. The first-order valence-electron chi connectivity index (χ1n) is 4.67. The third-order valence-corrected chi connectivity index (χ3v) is 1.70. The number of carboxylic acids is 1. The first-order valence-corrected chi connectivity index (χ1v) is 4.67. The van der Waals surface area contributed by atoms with Gasteiger partial charge in [-0.3, -0.25) is 0 Å². The number of benzene rings is 1. The predicted octanol–water partition coefficient (Wildman–Crippen LogP) is 2.57. The number of hydrogen-bond acceptors (Lipinski definition) is 2. The van der Waals surface area contributed by atoms with Crippen molar-refractivity contribution in [2.45, 2.75) is 13.8 Å². The van der Waals surface area contributed by atoms with Gasteiger partial charge in [0.1, 0.15) is 5.75 Å². The van der Waals surface area contributed by atoms with E-state index in [0.717, 1.165) is 5.56 Å². The van der Waals surface area contributed by atoms with E-state index >= 15 is 0 Å². The lowest BCUT2D eigenvalue weighted by molar-refractivity contribution is -0.139. The van der Waals surface area contributed by atoms with E-state index in [1.165, 1.54) is 5.57 Å². The fourth-order valence-electron chi connectivity index (χ4n) is 1.14. The van der Waals surface area contributed by atoms with Gasteiger partial charge in [-0.2, -0.15) is 0 Å². The van der Waals surface area contributed by atoms with E-state index in [0.29, 0.717) is 5.75 Å². The van der Waals surface area contributed by atoms with E-state index in [2.05, 4.69) is 0 Å². The molecule has 0 amide bonds. The molecule has 3 nitrogen and oxygen atoms in total. The minimum atomic E-state index is -0.969. The Morgan fingerprint density at radius 1 is 1.33 bits per heavy atom. The Balaban J connectivity index is 2.64. The molecule has 0 radical (unpaired) electrons. The minimum absolute atomic E-state index is 0.304. The van der Waals surface area contributed by atoms with Crippen LogP contribution in [0.3, 0.4) is 0 Å². The molecule has 0 unspecified atom stereocenters. The van der Waals surface area contributed by atoms with Crippen LogP contribution in [0.1, 0.15) is 19.4 Å². The highest BCUT2D eigenvalue weighted by Gasteiger charge is 1.98. The highest BCUT2D eigenvalue weighted by molar-refractivity contribution is 5.68. The van der Waals surface area contributed by atoms with Crippen molar-refractivity contribution in [3.05, 3.63) is 35.4 Å². The molecule has 0 aliphatic heterocycles. The van der Waals surface area contributed by atoms with Crippen LogP contribution in [0, 0.1) is 0 Å². The van der Waals surface area contributed by atoms with E-state index in [1.807, 2.05) is 32.1 Å². The topological polar surface area (TPSA) is 46.5 Å². The van der Waals surface area contributed by atoms with Crippen molar-refractivity contribution in [3.63, 3.8) is 0 Å². The van der Waals surface area contributed by atoms with Gasteiger partial charge in [-0.15, -0.1) is 0 Å². The quantitative estimate of drug-likeness (QED) is 0.823. The molecule has 0 heterocycles. The van der Waals surface area contributed by atoms with Crippen molar-refractivity contribution in [3.8, 4) is 5.75 Å². The summed E-state index contributed by atoms with van der Waals surface area (Å²) in [6.07, 6.45) is 2.04. The molecule has 0 saturated heterocycles. The highest BCUT2D eigenvalue weighted by atomic mass is 16.5. The summed E-state index contributed by atoms with van der Waals surface area (Å²) >= 11 is 0. The van der Waals surface area contributed by atoms with Crippen molar-refractivity contribution in [1.29, 1.82) is 0 Å². The Labute approximate surface area is 89.0 Å². The molecule has 0 spiro atoms. The van der Waals surface area contributed by atoms with Gasteiger partial charge in [-0.05, 0) is 31.5 Å². The smallest absolute Gasteiger partial charge is 0.341 e. The monoisotopic (exact) mass is 206 g/mol. The van der Waals surface area contributed by atoms with Gasteiger partial charge in [0.25, 0.3) is 0 Å². The zero-order valence-electron chi connectivity index (χ0n) is 8.86. The Morgan fingerprint density at radius 2 is 1.93 bits per heavy atom. The van der Waals surface area contributed by atoms with E-state index in [4.69, 9.17) is 9.84 Å². The van der Waals surface area contributed by atoms with Crippen LogP contribution in [-0.2, 0) is 4.79 Å². The maximum Gasteiger partial charge on any atom is 0.341 e. The second kappa shape index (κ2) is 5.20. The van der Waals surface area contributed by atoms with Gasteiger partial charge < -0.3 is 9.84 Å². The third kappa shape index (κ3) is 4.31. The van der Waals surface area contributed by atoms with Crippen LogP contribution in [0.5, 0.6) is 5.75 Å². The molecule has 0 atom stereocenters. The minimum Gasteiger partial charge on any atom is -0.482 e. The summed E-state index contributed by atoms with van der Waals surface area (Å²) in [5.41, 5.74) is 2.30. The van der Waals surface area contributed by atoms with Crippen molar-refractivity contribution in [2.75, 3.05) is 6.61 Å². The molecule has 0 aliphatic carbocycles. The maximum atomic E-state index is 10.3. The molecule has 1 aromatic carbocycles. The van der Waals surface area contributed by atoms with Crippen molar-refractivity contribution in [1.82, 2.24) is 0 Å². The van der Waals surface area contributed by atoms with Gasteiger partial charge in [-0.25, -0.2) is 4.79 Å². The molecule has 0 aromatic heterocycles. The molecule has 0 bridgehead atoms. The zero-order valence-corrected chi connectivity index (χ0v) is 8.86. The first kappa shape index (κ1) is 11.3. The van der Waals surface area contributed by atoms with Crippen LogP contribution in [-0.4, -0.2) is 17.7 Å². The van der Waals surface area contributed by atoms with Crippen LogP contribution in [0.4, 0.5) is 0 Å². The highest BCUT2D eigenvalue weighted by Crippen LogP contribution is 2.14. The van der Waals surface area contributed by atoms with Gasteiger partial charge in [0.2, 0.25) is 0 Å². The maximum absolute atomic E-state index is 10.3. The summed E-state index contributed by atoms with van der Waals surface area (Å²) in [5.74, 6) is -0.397. The van der Waals surface area contributed by atoms with Crippen LogP contribution in [0.15, 0.2) is 29.8 Å². The summed E-state index contributed by atoms with van der Waals surface area (Å²) in [4.78, 5) is 10.3. The average Bonchev–Trinajstić information content (AvgIpc) is 2.16. The molecular formula is C12H14O3. The zero-order chi connectivity index (χ0) is 11.3. The Hall–Kier alpha value is -1.77. The largest absolute Gasteiger partial charge is 0.482 e. The fraction of sp³-hybridized carbons (Fsp3) is 0.250. The summed E-state index contributed by atoms with van der Waals surface area (Å²) in [6.45, 7) is 3.74. The van der Waals surface area contributed by atoms with Gasteiger partial charge in [-0.1, -0.05) is 23.8 Å². The number of rotatable bonds is 4. The van der Waals surface area contributed by atoms with Gasteiger partial charge in [0, 0.05) is 0 Å². The fourth-order valence-corrected chi connectivity index (χ4v) is 1.14. The van der Waals surface area contributed by atoms with Gasteiger partial charge in [0.05, 0.1) is 0 Å². The lowest BCUT2D eigenvalue weighted by atomic mass is 10.1. The molecule has 15 heavy (non-hydrogen) atoms. The third-order valence-electron chi connectivity index (χ3n) is 1.70. The second-order valence-electron chi connectivity index (χ2n) is 3.47. The van der Waals surface area contributed by atoms with E-state index in [1.54, 1.807) is 12.1 Å². The Morgan fingerprint density at radius 3 is 2.40 bits per heavy atom. The lowest BCUT2D eigenvalue weighted by Crippen LogP contribution is -2.09. The number of hydrogen-bond donors (Lipinski definition) is 1. The Bertz CT molecular complexity index is 359. The van der Waals surface area contributed by atoms with Crippen molar-refractivity contribution >= 4 is 12.0 Å². The van der Waals surface area contributed by atoms with Crippen molar-refractivity contribution < 1.29 is 14.6 Å². The summed E-state index contributed by atoms with van der Waals surface area (Å²) in [6, 6.07) is 7.31. The predicted molar refractivity (Wildman–Crippen MR) is 58.9 cm³/mol. The van der Waals surface area contributed by atoms with Gasteiger partial charge in [0.15, 0.2) is 6.61 Å². The number of aliphatic carboxylic acids is 1. The van der Waals surface area contributed by atoms with Gasteiger partial charge >= 0.3 is 5.97 Å².